The first-order valence-electron chi connectivity index (χ1n) is 4.10. The summed E-state index contributed by atoms with van der Waals surface area (Å²) < 4.78 is 25.3. The van der Waals surface area contributed by atoms with Crippen LogP contribution in [0.25, 0.3) is 0 Å². The molecule has 0 saturated carbocycles. The summed E-state index contributed by atoms with van der Waals surface area (Å²) in [6.45, 7) is 1.91. The van der Waals surface area contributed by atoms with Crippen molar-refractivity contribution in [2.24, 2.45) is 5.84 Å². The van der Waals surface area contributed by atoms with Crippen molar-refractivity contribution in [2.45, 2.75) is 19.4 Å². The Labute approximate surface area is 75.7 Å². The van der Waals surface area contributed by atoms with Crippen molar-refractivity contribution < 1.29 is 8.78 Å². The van der Waals surface area contributed by atoms with Gasteiger partial charge in [-0.15, -0.1) is 0 Å². The highest BCUT2D eigenvalue weighted by Gasteiger charge is 2.09. The summed E-state index contributed by atoms with van der Waals surface area (Å²) in [5, 5.41) is 0. The van der Waals surface area contributed by atoms with Crippen LogP contribution in [0.4, 0.5) is 8.78 Å². The van der Waals surface area contributed by atoms with Gasteiger partial charge in [-0.05, 0) is 24.1 Å². The summed E-state index contributed by atoms with van der Waals surface area (Å²) in [7, 11) is 0. The third kappa shape index (κ3) is 2.23. The molecule has 0 bridgehead atoms. The molecule has 0 aromatic heterocycles. The molecule has 2 nitrogen and oxygen atoms in total. The number of hydrogen-bond acceptors (Lipinski definition) is 2. The molecule has 0 aliphatic heterocycles. The van der Waals surface area contributed by atoms with Crippen LogP contribution in [0.5, 0.6) is 0 Å². The zero-order valence-electron chi connectivity index (χ0n) is 7.35. The zero-order valence-corrected chi connectivity index (χ0v) is 7.35. The van der Waals surface area contributed by atoms with E-state index in [9.17, 15) is 8.78 Å². The molecule has 1 aromatic carbocycles. The van der Waals surface area contributed by atoms with Crippen molar-refractivity contribution in [2.75, 3.05) is 0 Å². The maximum Gasteiger partial charge on any atom is 0.159 e. The van der Waals surface area contributed by atoms with E-state index in [1.54, 1.807) is 0 Å². The zero-order chi connectivity index (χ0) is 9.84. The number of benzene rings is 1. The van der Waals surface area contributed by atoms with E-state index >= 15 is 0 Å². The molecule has 4 heteroatoms. The molecule has 72 valence electrons. The Morgan fingerprint density at radius 2 is 2.08 bits per heavy atom. The van der Waals surface area contributed by atoms with Gasteiger partial charge in [-0.1, -0.05) is 13.0 Å². The molecule has 0 heterocycles. The molecular formula is C9H12F2N2. The van der Waals surface area contributed by atoms with Crippen molar-refractivity contribution in [3.8, 4) is 0 Å². The van der Waals surface area contributed by atoms with Gasteiger partial charge in [0.15, 0.2) is 11.6 Å². The number of hydrogen-bond donors (Lipinski definition) is 2. The minimum absolute atomic E-state index is 0.130. The van der Waals surface area contributed by atoms with Crippen LogP contribution in [0.2, 0.25) is 0 Å². The smallest absolute Gasteiger partial charge is 0.159 e. The molecule has 13 heavy (non-hydrogen) atoms. The molecule has 3 N–H and O–H groups in total. The van der Waals surface area contributed by atoms with Gasteiger partial charge in [0.25, 0.3) is 0 Å². The first-order chi connectivity index (χ1) is 6.19. The standard InChI is InChI=1S/C9H12F2N2/c1-2-9(13-12)6-3-4-7(10)8(11)5-6/h3-5,9,13H,2,12H2,1H3/t9-/m1/s1. The second-order valence-electron chi connectivity index (χ2n) is 2.80. The van der Waals surface area contributed by atoms with Gasteiger partial charge in [0.2, 0.25) is 0 Å². The highest BCUT2D eigenvalue weighted by Crippen LogP contribution is 2.17. The number of hydrazine groups is 1. The SMILES string of the molecule is CC[C@@H](NN)c1ccc(F)c(F)c1. The van der Waals surface area contributed by atoms with Crippen LogP contribution in [0, 0.1) is 11.6 Å². The molecule has 0 aliphatic rings. The summed E-state index contributed by atoms with van der Waals surface area (Å²) in [6, 6.07) is 3.65. The van der Waals surface area contributed by atoms with Crippen molar-refractivity contribution in [1.82, 2.24) is 5.43 Å². The van der Waals surface area contributed by atoms with Gasteiger partial charge in [0, 0.05) is 6.04 Å². The summed E-state index contributed by atoms with van der Waals surface area (Å²) >= 11 is 0. The number of halogens is 2. The lowest BCUT2D eigenvalue weighted by molar-refractivity contribution is 0.494. The fourth-order valence-electron chi connectivity index (χ4n) is 1.18. The lowest BCUT2D eigenvalue weighted by atomic mass is 10.1. The Balaban J connectivity index is 2.95. The van der Waals surface area contributed by atoms with E-state index in [-0.39, 0.29) is 6.04 Å². The quantitative estimate of drug-likeness (QED) is 0.558. The number of rotatable bonds is 3. The molecule has 0 spiro atoms. The molecule has 0 saturated heterocycles. The maximum atomic E-state index is 12.8. The first-order valence-corrected chi connectivity index (χ1v) is 4.10. The molecule has 1 aromatic rings. The van der Waals surface area contributed by atoms with Gasteiger partial charge in [0.1, 0.15) is 0 Å². The highest BCUT2D eigenvalue weighted by molar-refractivity contribution is 5.20. The summed E-state index contributed by atoms with van der Waals surface area (Å²) in [4.78, 5) is 0. The molecular weight excluding hydrogens is 174 g/mol. The van der Waals surface area contributed by atoms with Crippen molar-refractivity contribution in [3.63, 3.8) is 0 Å². The molecule has 0 aliphatic carbocycles. The van der Waals surface area contributed by atoms with E-state index in [1.807, 2.05) is 6.92 Å². The van der Waals surface area contributed by atoms with E-state index in [2.05, 4.69) is 5.43 Å². The molecule has 0 amide bonds. The average Bonchev–Trinajstić information content (AvgIpc) is 2.13. The van der Waals surface area contributed by atoms with Gasteiger partial charge >= 0.3 is 0 Å². The number of nitrogens with one attached hydrogen (secondary N) is 1. The maximum absolute atomic E-state index is 12.8. The van der Waals surface area contributed by atoms with Crippen molar-refractivity contribution in [3.05, 3.63) is 35.4 Å². The topological polar surface area (TPSA) is 38.0 Å². The second kappa shape index (κ2) is 4.30. The van der Waals surface area contributed by atoms with Crippen molar-refractivity contribution in [1.29, 1.82) is 0 Å². The monoisotopic (exact) mass is 186 g/mol. The molecule has 0 unspecified atom stereocenters. The van der Waals surface area contributed by atoms with Crippen LogP contribution < -0.4 is 11.3 Å². The molecule has 0 radical (unpaired) electrons. The van der Waals surface area contributed by atoms with E-state index in [4.69, 9.17) is 5.84 Å². The summed E-state index contributed by atoms with van der Waals surface area (Å²) in [6.07, 6.45) is 0.724. The largest absolute Gasteiger partial charge is 0.271 e. The highest BCUT2D eigenvalue weighted by atomic mass is 19.2. The van der Waals surface area contributed by atoms with E-state index in [0.29, 0.717) is 5.56 Å². The average molecular weight is 186 g/mol. The van der Waals surface area contributed by atoms with Crippen LogP contribution in [0.15, 0.2) is 18.2 Å². The fourth-order valence-corrected chi connectivity index (χ4v) is 1.18. The van der Waals surface area contributed by atoms with Crippen LogP contribution in [0.3, 0.4) is 0 Å². The molecule has 1 atom stereocenters. The van der Waals surface area contributed by atoms with Gasteiger partial charge in [-0.25, -0.2) is 8.78 Å². The van der Waals surface area contributed by atoms with E-state index < -0.39 is 11.6 Å². The third-order valence-electron chi connectivity index (χ3n) is 1.96. The van der Waals surface area contributed by atoms with Gasteiger partial charge in [-0.2, -0.15) is 0 Å². The third-order valence-corrected chi connectivity index (χ3v) is 1.96. The minimum atomic E-state index is -0.841. The fraction of sp³-hybridized carbons (Fsp3) is 0.333. The predicted octanol–water partition coefficient (Wildman–Crippen LogP) is 1.88. The van der Waals surface area contributed by atoms with Crippen molar-refractivity contribution >= 4 is 0 Å². The number of nitrogens with two attached hydrogens (primary N) is 1. The van der Waals surface area contributed by atoms with Gasteiger partial charge in [-0.3, -0.25) is 11.3 Å². The first kappa shape index (κ1) is 10.1. The van der Waals surface area contributed by atoms with Crippen LogP contribution in [0.1, 0.15) is 24.9 Å². The van der Waals surface area contributed by atoms with E-state index in [1.165, 1.54) is 6.07 Å². The van der Waals surface area contributed by atoms with Crippen LogP contribution >= 0.6 is 0 Å². The molecule has 1 rings (SSSR count). The predicted molar refractivity (Wildman–Crippen MR) is 46.7 cm³/mol. The Bertz CT molecular complexity index is 285. The van der Waals surface area contributed by atoms with Crippen LogP contribution in [-0.4, -0.2) is 0 Å². The van der Waals surface area contributed by atoms with Gasteiger partial charge in [0.05, 0.1) is 0 Å². The Kier molecular flexibility index (Phi) is 3.33. The normalized spacial score (nSPS) is 12.9. The Morgan fingerprint density at radius 1 is 1.38 bits per heavy atom. The lowest BCUT2D eigenvalue weighted by Gasteiger charge is -2.13. The minimum Gasteiger partial charge on any atom is -0.271 e. The van der Waals surface area contributed by atoms with Gasteiger partial charge < -0.3 is 0 Å². The summed E-state index contributed by atoms with van der Waals surface area (Å²) in [5.41, 5.74) is 3.18. The summed E-state index contributed by atoms with van der Waals surface area (Å²) in [5.74, 6) is 3.56. The van der Waals surface area contributed by atoms with Crippen LogP contribution in [-0.2, 0) is 0 Å². The Hall–Kier alpha value is -1.00. The van der Waals surface area contributed by atoms with E-state index in [0.717, 1.165) is 18.6 Å². The second-order valence-corrected chi connectivity index (χ2v) is 2.80. The molecule has 0 fully saturated rings. The lowest BCUT2D eigenvalue weighted by Crippen LogP contribution is -2.27. The Morgan fingerprint density at radius 3 is 2.54 bits per heavy atom.